The summed E-state index contributed by atoms with van der Waals surface area (Å²) in [7, 11) is -3.60. The summed E-state index contributed by atoms with van der Waals surface area (Å²) in [6.07, 6.45) is 0.260. The quantitative estimate of drug-likeness (QED) is 0.765. The highest BCUT2D eigenvalue weighted by Gasteiger charge is 2.22. The topological polar surface area (TPSA) is 96.0 Å². The lowest BCUT2D eigenvalue weighted by atomic mass is 10.2. The van der Waals surface area contributed by atoms with Gasteiger partial charge in [-0.05, 0) is 18.1 Å². The highest BCUT2D eigenvalue weighted by Crippen LogP contribution is 2.11. The molecule has 0 saturated carbocycles. The fourth-order valence-corrected chi connectivity index (χ4v) is 2.49. The van der Waals surface area contributed by atoms with E-state index in [1.807, 2.05) is 0 Å². The second-order valence-corrected chi connectivity index (χ2v) is 5.54. The maximum atomic E-state index is 11.7. The summed E-state index contributed by atoms with van der Waals surface area (Å²) in [5.74, 6) is 0. The first kappa shape index (κ1) is 13.5. The molecular formula is C11H15N3O2S. The summed E-state index contributed by atoms with van der Waals surface area (Å²) in [5.41, 5.74) is 6.92. The molecule has 0 saturated heterocycles. The zero-order valence-electron chi connectivity index (χ0n) is 9.55. The van der Waals surface area contributed by atoms with Crippen LogP contribution in [-0.2, 0) is 16.6 Å². The first-order chi connectivity index (χ1) is 8.01. The molecule has 0 heterocycles. The summed E-state index contributed by atoms with van der Waals surface area (Å²) >= 11 is 0. The SMILES string of the molecule is CCC(C#N)S(=O)(=O)NCc1ccccc1N. The Hall–Kier alpha value is -1.58. The molecule has 0 radical (unpaired) electrons. The van der Waals surface area contributed by atoms with E-state index in [2.05, 4.69) is 4.72 Å². The van der Waals surface area contributed by atoms with E-state index in [-0.39, 0.29) is 13.0 Å². The average molecular weight is 253 g/mol. The summed E-state index contributed by atoms with van der Waals surface area (Å²) in [6.45, 7) is 1.76. The van der Waals surface area contributed by atoms with Gasteiger partial charge in [0.2, 0.25) is 10.0 Å². The standard InChI is InChI=1S/C11H15N3O2S/c1-2-10(7-12)17(15,16)14-8-9-5-3-4-6-11(9)13/h3-6,10,14H,2,8,13H2,1H3. The predicted octanol–water partition coefficient (Wildman–Crippen LogP) is 0.990. The summed E-state index contributed by atoms with van der Waals surface area (Å²) in [5, 5.41) is 7.70. The minimum Gasteiger partial charge on any atom is -0.398 e. The van der Waals surface area contributed by atoms with Crippen molar-refractivity contribution in [2.45, 2.75) is 25.1 Å². The van der Waals surface area contributed by atoms with E-state index >= 15 is 0 Å². The third-order valence-corrected chi connectivity index (χ3v) is 4.14. The van der Waals surface area contributed by atoms with Gasteiger partial charge >= 0.3 is 0 Å². The van der Waals surface area contributed by atoms with Crippen LogP contribution in [0, 0.1) is 11.3 Å². The Bertz CT molecular complexity index is 520. The van der Waals surface area contributed by atoms with Gasteiger partial charge in [0.05, 0.1) is 6.07 Å². The molecular weight excluding hydrogens is 238 g/mol. The Balaban J connectivity index is 2.75. The van der Waals surface area contributed by atoms with Gasteiger partial charge in [0.25, 0.3) is 0 Å². The number of hydrogen-bond donors (Lipinski definition) is 2. The highest BCUT2D eigenvalue weighted by atomic mass is 32.2. The number of hydrogen-bond acceptors (Lipinski definition) is 4. The lowest BCUT2D eigenvalue weighted by molar-refractivity contribution is 0.572. The Labute approximate surface area is 101 Å². The molecule has 17 heavy (non-hydrogen) atoms. The molecule has 0 aliphatic carbocycles. The first-order valence-electron chi connectivity index (χ1n) is 5.22. The lowest BCUT2D eigenvalue weighted by Crippen LogP contribution is -2.32. The number of nitriles is 1. The van der Waals surface area contributed by atoms with Crippen LogP contribution in [0.4, 0.5) is 5.69 Å². The molecule has 6 heteroatoms. The van der Waals surface area contributed by atoms with Crippen molar-refractivity contribution < 1.29 is 8.42 Å². The van der Waals surface area contributed by atoms with Crippen LogP contribution >= 0.6 is 0 Å². The van der Waals surface area contributed by atoms with E-state index in [4.69, 9.17) is 11.0 Å². The number of para-hydroxylation sites is 1. The second-order valence-electron chi connectivity index (χ2n) is 3.59. The van der Waals surface area contributed by atoms with E-state index in [1.165, 1.54) is 0 Å². The molecule has 1 aromatic carbocycles. The Morgan fingerprint density at radius 3 is 2.65 bits per heavy atom. The van der Waals surface area contributed by atoms with Crippen LogP contribution in [-0.4, -0.2) is 13.7 Å². The summed E-state index contributed by atoms with van der Waals surface area (Å²) < 4.78 is 25.8. The van der Waals surface area contributed by atoms with E-state index in [1.54, 1.807) is 37.3 Å². The Kier molecular flexibility index (Phi) is 4.49. The number of nitrogens with one attached hydrogen (secondary N) is 1. The first-order valence-corrected chi connectivity index (χ1v) is 6.77. The molecule has 5 nitrogen and oxygen atoms in total. The Morgan fingerprint density at radius 2 is 2.12 bits per heavy atom. The number of nitrogen functional groups attached to an aromatic ring is 1. The number of anilines is 1. The molecule has 0 aliphatic heterocycles. The van der Waals surface area contributed by atoms with Crippen LogP contribution in [0.3, 0.4) is 0 Å². The van der Waals surface area contributed by atoms with Crippen molar-refractivity contribution in [3.63, 3.8) is 0 Å². The number of benzene rings is 1. The zero-order chi connectivity index (χ0) is 12.9. The van der Waals surface area contributed by atoms with Gasteiger partial charge < -0.3 is 5.73 Å². The van der Waals surface area contributed by atoms with Gasteiger partial charge in [-0.3, -0.25) is 0 Å². The minimum atomic E-state index is -3.60. The molecule has 3 N–H and O–H groups in total. The normalized spacial score (nSPS) is 12.9. The molecule has 1 aromatic rings. The van der Waals surface area contributed by atoms with Crippen molar-refractivity contribution in [2.24, 2.45) is 0 Å². The molecule has 1 rings (SSSR count). The molecule has 0 amide bonds. The van der Waals surface area contributed by atoms with Gasteiger partial charge in [-0.2, -0.15) is 5.26 Å². The van der Waals surface area contributed by atoms with Crippen molar-refractivity contribution >= 4 is 15.7 Å². The Morgan fingerprint density at radius 1 is 1.47 bits per heavy atom. The van der Waals surface area contributed by atoms with Crippen LogP contribution in [0.25, 0.3) is 0 Å². The maximum Gasteiger partial charge on any atom is 0.228 e. The van der Waals surface area contributed by atoms with Crippen molar-refractivity contribution in [1.29, 1.82) is 5.26 Å². The second kappa shape index (κ2) is 5.66. The van der Waals surface area contributed by atoms with Gasteiger partial charge in [-0.25, -0.2) is 13.1 Å². The van der Waals surface area contributed by atoms with E-state index < -0.39 is 15.3 Å². The van der Waals surface area contributed by atoms with Crippen molar-refractivity contribution in [3.8, 4) is 6.07 Å². The van der Waals surface area contributed by atoms with E-state index in [0.717, 1.165) is 0 Å². The average Bonchev–Trinajstić information content (AvgIpc) is 2.29. The molecule has 0 fully saturated rings. The molecule has 92 valence electrons. The van der Waals surface area contributed by atoms with Crippen LogP contribution in [0.2, 0.25) is 0 Å². The lowest BCUT2D eigenvalue weighted by Gasteiger charge is -2.11. The fourth-order valence-electron chi connectivity index (χ4n) is 1.35. The molecule has 0 spiro atoms. The van der Waals surface area contributed by atoms with Crippen LogP contribution < -0.4 is 10.5 Å². The number of nitrogens with two attached hydrogens (primary N) is 1. The smallest absolute Gasteiger partial charge is 0.228 e. The molecule has 0 bridgehead atoms. The van der Waals surface area contributed by atoms with Gasteiger partial charge in [-0.1, -0.05) is 25.1 Å². The third-order valence-electron chi connectivity index (χ3n) is 2.41. The van der Waals surface area contributed by atoms with Gasteiger partial charge in [0.15, 0.2) is 5.25 Å². The molecule has 1 atom stereocenters. The van der Waals surface area contributed by atoms with Gasteiger partial charge in [0.1, 0.15) is 0 Å². The van der Waals surface area contributed by atoms with Crippen molar-refractivity contribution in [3.05, 3.63) is 29.8 Å². The van der Waals surface area contributed by atoms with E-state index in [0.29, 0.717) is 11.3 Å². The summed E-state index contributed by atoms with van der Waals surface area (Å²) in [4.78, 5) is 0. The van der Waals surface area contributed by atoms with Gasteiger partial charge in [-0.15, -0.1) is 0 Å². The fraction of sp³-hybridized carbons (Fsp3) is 0.364. The largest absolute Gasteiger partial charge is 0.398 e. The summed E-state index contributed by atoms with van der Waals surface area (Å²) in [6, 6.07) is 8.76. The van der Waals surface area contributed by atoms with Crippen LogP contribution in [0.5, 0.6) is 0 Å². The molecule has 0 aromatic heterocycles. The van der Waals surface area contributed by atoms with Crippen LogP contribution in [0.15, 0.2) is 24.3 Å². The zero-order valence-corrected chi connectivity index (χ0v) is 10.4. The van der Waals surface area contributed by atoms with Crippen molar-refractivity contribution in [1.82, 2.24) is 4.72 Å². The highest BCUT2D eigenvalue weighted by molar-refractivity contribution is 7.90. The maximum absolute atomic E-state index is 11.7. The molecule has 0 aliphatic rings. The van der Waals surface area contributed by atoms with Gasteiger partial charge in [0, 0.05) is 12.2 Å². The number of sulfonamides is 1. The number of rotatable bonds is 5. The predicted molar refractivity (Wildman–Crippen MR) is 66.3 cm³/mol. The minimum absolute atomic E-state index is 0.104. The number of nitrogens with zero attached hydrogens (tertiary/aromatic N) is 1. The monoisotopic (exact) mass is 253 g/mol. The van der Waals surface area contributed by atoms with Crippen LogP contribution in [0.1, 0.15) is 18.9 Å². The van der Waals surface area contributed by atoms with E-state index in [9.17, 15) is 8.42 Å². The third kappa shape index (κ3) is 3.44. The molecule has 1 unspecified atom stereocenters. The van der Waals surface area contributed by atoms with Crippen molar-refractivity contribution in [2.75, 3.05) is 5.73 Å².